The molecule has 0 saturated heterocycles. The van der Waals surface area contributed by atoms with Gasteiger partial charge in [0, 0.05) is 7.05 Å². The molecule has 96 valence electrons. The van der Waals surface area contributed by atoms with Crippen molar-refractivity contribution in [2.45, 2.75) is 6.92 Å². The molecule has 0 amide bonds. The van der Waals surface area contributed by atoms with Crippen molar-refractivity contribution < 1.29 is 23.9 Å². The van der Waals surface area contributed by atoms with E-state index in [4.69, 9.17) is 15.7 Å². The number of aliphatic carboxylic acids is 1. The van der Waals surface area contributed by atoms with Crippen LogP contribution in [0.15, 0.2) is 4.76 Å². The number of nitrogens with zero attached hydrogens (tertiary/aromatic N) is 2. The van der Waals surface area contributed by atoms with Crippen molar-refractivity contribution in [3.63, 3.8) is 0 Å². The molecule has 0 bridgehead atoms. The average molecular weight is 276 g/mol. The Morgan fingerprint density at radius 1 is 1.62 bits per heavy atom. The fourth-order valence-corrected chi connectivity index (χ4v) is 1.49. The number of hydrogen-bond acceptors (Lipinski definition) is 3. The molecule has 0 aliphatic carbocycles. The Morgan fingerprint density at radius 2 is 2.12 bits per heavy atom. The van der Waals surface area contributed by atoms with E-state index in [2.05, 4.69) is 9.29 Å². The predicted molar refractivity (Wildman–Crippen MR) is 60.6 cm³/mol. The molecule has 0 aromatic carbocycles. The summed E-state index contributed by atoms with van der Waals surface area (Å²) in [7, 11) is -2.79. The van der Waals surface area contributed by atoms with E-state index in [0.29, 0.717) is 0 Å². The van der Waals surface area contributed by atoms with Gasteiger partial charge in [-0.15, -0.1) is 17.2 Å². The number of carbonyl (C=O) groups is 1. The number of carboxylic acids is 1. The molecule has 0 fully saturated rings. The molecule has 0 aromatic heterocycles. The third-order valence-electron chi connectivity index (χ3n) is 1.29. The maximum atomic E-state index is 11.1. The first kappa shape index (κ1) is 17.6. The van der Waals surface area contributed by atoms with Crippen molar-refractivity contribution in [3.8, 4) is 0 Å². The Hall–Kier alpha value is -0.820. The van der Waals surface area contributed by atoms with Gasteiger partial charge in [-0.2, -0.15) is 0 Å². The van der Waals surface area contributed by atoms with Crippen molar-refractivity contribution in [3.05, 3.63) is 0 Å². The van der Waals surface area contributed by atoms with Crippen molar-refractivity contribution in [1.82, 2.24) is 4.90 Å². The standard InChI is InChI=1S/C6H14N3O5P.ClH/c1-3-14-15(12,13)8-6(7)9(2)4-5(10)11;/h3-4H2,1-2H3,(H,10,11)(H3,7,8,12,13);1H. The Kier molecular flexibility index (Phi) is 8.18. The van der Waals surface area contributed by atoms with E-state index >= 15 is 0 Å². The largest absolute Gasteiger partial charge is 0.480 e. The average Bonchev–Trinajstić information content (AvgIpc) is 2.01. The summed E-state index contributed by atoms with van der Waals surface area (Å²) in [6, 6.07) is 0. The van der Waals surface area contributed by atoms with Gasteiger partial charge in [-0.25, -0.2) is 4.57 Å². The molecule has 4 N–H and O–H groups in total. The highest BCUT2D eigenvalue weighted by atomic mass is 35.5. The molecule has 0 aliphatic heterocycles. The highest BCUT2D eigenvalue weighted by molar-refractivity contribution is 7.51. The van der Waals surface area contributed by atoms with Crippen LogP contribution in [-0.2, 0) is 13.9 Å². The van der Waals surface area contributed by atoms with E-state index in [-0.39, 0.29) is 25.0 Å². The Morgan fingerprint density at radius 3 is 2.50 bits per heavy atom. The van der Waals surface area contributed by atoms with Gasteiger partial charge in [-0.05, 0) is 6.92 Å². The second kappa shape index (κ2) is 7.45. The lowest BCUT2D eigenvalue weighted by atomic mass is 10.6. The SMILES string of the molecule is CCOP(=O)(O)N=C(N)N(C)CC(=O)O.Cl. The van der Waals surface area contributed by atoms with Crippen LogP contribution in [0.3, 0.4) is 0 Å². The fraction of sp³-hybridized carbons (Fsp3) is 0.667. The molecule has 8 nitrogen and oxygen atoms in total. The van der Waals surface area contributed by atoms with Crippen LogP contribution in [0.2, 0.25) is 0 Å². The van der Waals surface area contributed by atoms with E-state index < -0.39 is 20.3 Å². The molecular formula is C6H15ClN3O5P. The minimum atomic E-state index is -4.12. The van der Waals surface area contributed by atoms with Crippen LogP contribution in [0.4, 0.5) is 0 Å². The maximum Gasteiger partial charge on any atom is 0.454 e. The molecule has 0 aromatic rings. The molecule has 0 spiro atoms. The third-order valence-corrected chi connectivity index (χ3v) is 2.34. The van der Waals surface area contributed by atoms with Crippen LogP contribution in [-0.4, -0.2) is 47.0 Å². The zero-order valence-electron chi connectivity index (χ0n) is 8.86. The van der Waals surface area contributed by atoms with Gasteiger partial charge >= 0.3 is 13.7 Å². The first-order valence-electron chi connectivity index (χ1n) is 4.04. The number of likely N-dealkylation sites (N-methyl/N-ethyl adjacent to an activating group) is 1. The van der Waals surface area contributed by atoms with Crippen LogP contribution in [0, 0.1) is 0 Å². The van der Waals surface area contributed by atoms with Crippen molar-refractivity contribution in [1.29, 1.82) is 0 Å². The predicted octanol–water partition coefficient (Wildman–Crippen LogP) is -0.124. The highest BCUT2D eigenvalue weighted by Crippen LogP contribution is 2.43. The van der Waals surface area contributed by atoms with Gasteiger partial charge in [-0.3, -0.25) is 9.32 Å². The summed E-state index contributed by atoms with van der Waals surface area (Å²) in [5.41, 5.74) is 5.28. The number of guanidine groups is 1. The van der Waals surface area contributed by atoms with Crippen LogP contribution in [0.5, 0.6) is 0 Å². The zero-order valence-corrected chi connectivity index (χ0v) is 10.6. The van der Waals surface area contributed by atoms with E-state index in [0.717, 1.165) is 4.90 Å². The number of rotatable bonds is 5. The number of halogens is 1. The third kappa shape index (κ3) is 7.47. The van der Waals surface area contributed by atoms with Gasteiger partial charge in [0.1, 0.15) is 6.54 Å². The lowest BCUT2D eigenvalue weighted by Crippen LogP contribution is -2.37. The van der Waals surface area contributed by atoms with Crippen molar-refractivity contribution in [2.24, 2.45) is 10.5 Å². The first-order chi connectivity index (χ1) is 6.78. The lowest BCUT2D eigenvalue weighted by Gasteiger charge is -2.16. The van der Waals surface area contributed by atoms with E-state index in [1.54, 1.807) is 0 Å². The van der Waals surface area contributed by atoms with Crippen LogP contribution in [0.25, 0.3) is 0 Å². The van der Waals surface area contributed by atoms with Crippen LogP contribution < -0.4 is 5.73 Å². The smallest absolute Gasteiger partial charge is 0.454 e. The topological polar surface area (TPSA) is 125 Å². The monoisotopic (exact) mass is 275 g/mol. The lowest BCUT2D eigenvalue weighted by molar-refractivity contribution is -0.137. The molecule has 1 unspecified atom stereocenters. The van der Waals surface area contributed by atoms with E-state index in [1.807, 2.05) is 0 Å². The van der Waals surface area contributed by atoms with Gasteiger partial charge in [0.25, 0.3) is 0 Å². The summed E-state index contributed by atoms with van der Waals surface area (Å²) in [6.45, 7) is 1.12. The zero-order chi connectivity index (χ0) is 12.1. The first-order valence-corrected chi connectivity index (χ1v) is 5.57. The quantitative estimate of drug-likeness (QED) is 0.363. The minimum absolute atomic E-state index is 0. The normalized spacial score (nSPS) is 14.8. The highest BCUT2D eigenvalue weighted by Gasteiger charge is 2.19. The van der Waals surface area contributed by atoms with Gasteiger partial charge in [-0.1, -0.05) is 0 Å². The second-order valence-electron chi connectivity index (χ2n) is 2.62. The maximum absolute atomic E-state index is 11.1. The minimum Gasteiger partial charge on any atom is -0.480 e. The number of nitrogens with two attached hydrogens (primary N) is 1. The summed E-state index contributed by atoms with van der Waals surface area (Å²) in [4.78, 5) is 20.4. The van der Waals surface area contributed by atoms with Crippen molar-refractivity contribution >= 4 is 32.1 Å². The molecule has 0 heterocycles. The molecule has 0 radical (unpaired) electrons. The molecule has 0 aliphatic rings. The summed E-state index contributed by atoms with van der Waals surface area (Å²) in [6.07, 6.45) is 0. The van der Waals surface area contributed by atoms with Gasteiger partial charge < -0.3 is 20.6 Å². The molecule has 0 saturated carbocycles. The molecule has 0 rings (SSSR count). The number of carboxylic acid groups (broad SMARTS) is 1. The van der Waals surface area contributed by atoms with Crippen molar-refractivity contribution in [2.75, 3.05) is 20.2 Å². The van der Waals surface area contributed by atoms with E-state index in [1.165, 1.54) is 14.0 Å². The molecular weight excluding hydrogens is 261 g/mol. The van der Waals surface area contributed by atoms with Crippen LogP contribution >= 0.6 is 20.2 Å². The number of hydrogen-bond donors (Lipinski definition) is 3. The summed E-state index contributed by atoms with van der Waals surface area (Å²) >= 11 is 0. The van der Waals surface area contributed by atoms with E-state index in [9.17, 15) is 9.36 Å². The Labute approximate surface area is 99.1 Å². The van der Waals surface area contributed by atoms with Gasteiger partial charge in [0.05, 0.1) is 6.61 Å². The summed E-state index contributed by atoms with van der Waals surface area (Å²) in [5.74, 6) is -1.49. The second-order valence-corrected chi connectivity index (χ2v) is 4.06. The fourth-order valence-electron chi connectivity index (χ4n) is 0.687. The molecule has 10 heteroatoms. The molecule has 16 heavy (non-hydrogen) atoms. The summed E-state index contributed by atoms with van der Waals surface area (Å²) in [5, 5.41) is 8.42. The van der Waals surface area contributed by atoms with Gasteiger partial charge in [0.2, 0.25) is 5.96 Å². The van der Waals surface area contributed by atoms with Crippen LogP contribution in [0.1, 0.15) is 6.92 Å². The summed E-state index contributed by atoms with van der Waals surface area (Å²) < 4.78 is 18.7. The van der Waals surface area contributed by atoms with Gasteiger partial charge in [0.15, 0.2) is 0 Å². The Bertz CT molecular complexity index is 311. The molecule has 1 atom stereocenters. The Balaban J connectivity index is 0.